The maximum absolute atomic E-state index is 13.5. The van der Waals surface area contributed by atoms with Crippen molar-refractivity contribution < 1.29 is 9.50 Å². The molecule has 0 spiro atoms. The Labute approximate surface area is 159 Å². The summed E-state index contributed by atoms with van der Waals surface area (Å²) in [6.45, 7) is 4.21. The molecule has 27 heavy (non-hydrogen) atoms. The second-order valence-electron chi connectivity index (χ2n) is 7.28. The van der Waals surface area contributed by atoms with Crippen molar-refractivity contribution in [1.29, 1.82) is 0 Å². The summed E-state index contributed by atoms with van der Waals surface area (Å²) >= 11 is 0. The number of hydrogen-bond acceptors (Lipinski definition) is 3. The highest BCUT2D eigenvalue weighted by Crippen LogP contribution is 2.36. The van der Waals surface area contributed by atoms with Gasteiger partial charge in [-0.05, 0) is 79.6 Å². The number of rotatable bonds is 4. The molecule has 1 N–H and O–H groups in total. The van der Waals surface area contributed by atoms with E-state index in [-0.39, 0.29) is 12.4 Å². The number of pyridine rings is 1. The van der Waals surface area contributed by atoms with Crippen molar-refractivity contribution in [1.82, 2.24) is 4.98 Å². The van der Waals surface area contributed by atoms with Crippen LogP contribution in [0.2, 0.25) is 0 Å². The monoisotopic (exact) mass is 364 g/mol. The first-order valence-electron chi connectivity index (χ1n) is 9.72. The van der Waals surface area contributed by atoms with Gasteiger partial charge in [-0.2, -0.15) is 0 Å². The molecule has 140 valence electrons. The Bertz CT molecular complexity index is 947. The molecule has 0 bridgehead atoms. The molecule has 0 atom stereocenters. The summed E-state index contributed by atoms with van der Waals surface area (Å²) in [6, 6.07) is 13.1. The molecule has 0 radical (unpaired) electrons. The summed E-state index contributed by atoms with van der Waals surface area (Å²) in [5.41, 5.74) is 6.13. The van der Waals surface area contributed by atoms with Gasteiger partial charge in [-0.25, -0.2) is 4.39 Å². The van der Waals surface area contributed by atoms with E-state index in [1.807, 2.05) is 19.1 Å². The van der Waals surface area contributed by atoms with Gasteiger partial charge >= 0.3 is 0 Å². The quantitative estimate of drug-likeness (QED) is 0.717. The fraction of sp³-hybridized carbons (Fsp3) is 0.348. The number of piperidine rings is 1. The molecule has 1 saturated heterocycles. The maximum atomic E-state index is 13.5. The Morgan fingerprint density at radius 1 is 1.04 bits per heavy atom. The minimum atomic E-state index is -0.244. The number of anilines is 1. The fourth-order valence-electron chi connectivity index (χ4n) is 4.13. The lowest BCUT2D eigenvalue weighted by Crippen LogP contribution is -2.29. The van der Waals surface area contributed by atoms with Crippen LogP contribution in [0.25, 0.3) is 22.0 Å². The van der Waals surface area contributed by atoms with E-state index < -0.39 is 0 Å². The molecule has 1 aliphatic heterocycles. The summed E-state index contributed by atoms with van der Waals surface area (Å²) in [5, 5.41) is 10.7. The maximum Gasteiger partial charge on any atom is 0.123 e. The van der Waals surface area contributed by atoms with Crippen LogP contribution < -0.4 is 4.90 Å². The number of aromatic nitrogens is 1. The molecular weight excluding hydrogens is 339 g/mol. The van der Waals surface area contributed by atoms with Gasteiger partial charge in [0.05, 0.1) is 5.52 Å². The average molecular weight is 364 g/mol. The molecule has 0 unspecified atom stereocenters. The van der Waals surface area contributed by atoms with Crippen molar-refractivity contribution in [2.24, 2.45) is 0 Å². The zero-order chi connectivity index (χ0) is 18.8. The summed E-state index contributed by atoms with van der Waals surface area (Å²) in [4.78, 5) is 7.21. The van der Waals surface area contributed by atoms with E-state index >= 15 is 0 Å². The van der Waals surface area contributed by atoms with Crippen LogP contribution in [0.3, 0.4) is 0 Å². The number of fused-ring (bicyclic) bond motifs is 1. The van der Waals surface area contributed by atoms with Crippen LogP contribution in [0, 0.1) is 12.7 Å². The second-order valence-corrected chi connectivity index (χ2v) is 7.28. The molecule has 4 heteroatoms. The SMILES string of the molecule is Cc1nc2ccc(N3CCCCC3)cc2c(-c2ccc(F)cc2)c1CCO. The molecule has 0 aliphatic carbocycles. The lowest BCUT2D eigenvalue weighted by atomic mass is 9.92. The van der Waals surface area contributed by atoms with Gasteiger partial charge in [-0.1, -0.05) is 12.1 Å². The number of aliphatic hydroxyl groups excluding tert-OH is 1. The lowest BCUT2D eigenvalue weighted by molar-refractivity contribution is 0.299. The zero-order valence-electron chi connectivity index (χ0n) is 15.7. The first-order valence-corrected chi connectivity index (χ1v) is 9.72. The minimum Gasteiger partial charge on any atom is -0.396 e. The zero-order valence-corrected chi connectivity index (χ0v) is 15.7. The van der Waals surface area contributed by atoms with E-state index in [1.165, 1.54) is 37.1 Å². The van der Waals surface area contributed by atoms with Crippen molar-refractivity contribution in [3.8, 4) is 11.1 Å². The largest absolute Gasteiger partial charge is 0.396 e. The Balaban J connectivity index is 1.94. The predicted octanol–water partition coefficient (Wildman–Crippen LogP) is 4.87. The van der Waals surface area contributed by atoms with E-state index in [0.29, 0.717) is 6.42 Å². The Morgan fingerprint density at radius 3 is 2.48 bits per heavy atom. The second kappa shape index (κ2) is 7.65. The van der Waals surface area contributed by atoms with Crippen molar-refractivity contribution in [2.45, 2.75) is 32.6 Å². The molecule has 3 aromatic rings. The van der Waals surface area contributed by atoms with Crippen LogP contribution >= 0.6 is 0 Å². The Kier molecular flexibility index (Phi) is 5.08. The van der Waals surface area contributed by atoms with Crippen molar-refractivity contribution in [3.63, 3.8) is 0 Å². The number of aryl methyl sites for hydroxylation is 1. The molecule has 1 aliphatic rings. The van der Waals surface area contributed by atoms with Gasteiger partial charge < -0.3 is 10.0 Å². The van der Waals surface area contributed by atoms with E-state index in [4.69, 9.17) is 4.98 Å². The van der Waals surface area contributed by atoms with Crippen LogP contribution in [-0.2, 0) is 6.42 Å². The standard InChI is InChI=1S/C23H25FN2O/c1-16-20(11-14-27)23(17-5-7-18(24)8-6-17)21-15-19(9-10-22(21)25-16)26-12-3-2-4-13-26/h5-10,15,27H,2-4,11-14H2,1H3. The van der Waals surface area contributed by atoms with E-state index in [9.17, 15) is 9.50 Å². The van der Waals surface area contributed by atoms with Crippen LogP contribution in [0.4, 0.5) is 10.1 Å². The van der Waals surface area contributed by atoms with Crippen LogP contribution in [0.5, 0.6) is 0 Å². The Hall–Kier alpha value is -2.46. The van der Waals surface area contributed by atoms with Crippen molar-refractivity contribution in [3.05, 3.63) is 59.5 Å². The third-order valence-corrected chi connectivity index (χ3v) is 5.49. The highest BCUT2D eigenvalue weighted by atomic mass is 19.1. The average Bonchev–Trinajstić information content (AvgIpc) is 2.70. The fourth-order valence-corrected chi connectivity index (χ4v) is 4.13. The van der Waals surface area contributed by atoms with E-state index in [0.717, 1.165) is 46.4 Å². The van der Waals surface area contributed by atoms with Gasteiger partial charge in [0.15, 0.2) is 0 Å². The highest BCUT2D eigenvalue weighted by molar-refractivity contribution is 5.98. The third-order valence-electron chi connectivity index (χ3n) is 5.49. The van der Waals surface area contributed by atoms with Crippen LogP contribution in [0.15, 0.2) is 42.5 Å². The molecular formula is C23H25FN2O. The first kappa shape index (κ1) is 17.9. The number of nitrogens with zero attached hydrogens (tertiary/aromatic N) is 2. The molecule has 4 rings (SSSR count). The van der Waals surface area contributed by atoms with Gasteiger partial charge in [-0.15, -0.1) is 0 Å². The lowest BCUT2D eigenvalue weighted by Gasteiger charge is -2.29. The van der Waals surface area contributed by atoms with Crippen molar-refractivity contribution in [2.75, 3.05) is 24.6 Å². The number of halogens is 1. The molecule has 3 nitrogen and oxygen atoms in total. The van der Waals surface area contributed by atoms with Gasteiger partial charge in [0.25, 0.3) is 0 Å². The number of aliphatic hydroxyl groups is 1. The molecule has 1 fully saturated rings. The molecule has 0 saturated carbocycles. The molecule has 2 aromatic carbocycles. The van der Waals surface area contributed by atoms with Gasteiger partial charge in [0.1, 0.15) is 5.82 Å². The third kappa shape index (κ3) is 3.54. The molecule has 2 heterocycles. The topological polar surface area (TPSA) is 36.4 Å². The van der Waals surface area contributed by atoms with Crippen LogP contribution in [-0.4, -0.2) is 29.8 Å². The van der Waals surface area contributed by atoms with Gasteiger partial charge in [0.2, 0.25) is 0 Å². The van der Waals surface area contributed by atoms with E-state index in [1.54, 1.807) is 0 Å². The van der Waals surface area contributed by atoms with Crippen LogP contribution in [0.1, 0.15) is 30.5 Å². The number of hydrogen-bond donors (Lipinski definition) is 1. The smallest absolute Gasteiger partial charge is 0.123 e. The van der Waals surface area contributed by atoms with Crippen molar-refractivity contribution >= 4 is 16.6 Å². The minimum absolute atomic E-state index is 0.0635. The first-order chi connectivity index (χ1) is 13.2. The normalized spacial score (nSPS) is 14.7. The predicted molar refractivity (Wildman–Crippen MR) is 109 cm³/mol. The van der Waals surface area contributed by atoms with Gasteiger partial charge in [0, 0.05) is 36.5 Å². The summed E-state index contributed by atoms with van der Waals surface area (Å²) < 4.78 is 13.5. The van der Waals surface area contributed by atoms with E-state index in [2.05, 4.69) is 23.1 Å². The number of benzene rings is 2. The molecule has 1 aromatic heterocycles. The summed E-state index contributed by atoms with van der Waals surface area (Å²) in [6.07, 6.45) is 4.29. The molecule has 0 amide bonds. The highest BCUT2D eigenvalue weighted by Gasteiger charge is 2.17. The summed E-state index contributed by atoms with van der Waals surface area (Å²) in [7, 11) is 0. The van der Waals surface area contributed by atoms with Gasteiger partial charge in [-0.3, -0.25) is 4.98 Å². The Morgan fingerprint density at radius 2 is 1.78 bits per heavy atom. The summed E-state index contributed by atoms with van der Waals surface area (Å²) in [5.74, 6) is -0.244.